The molecule has 15 heavy (non-hydrogen) atoms. The molecule has 0 aliphatic carbocycles. The third-order valence-electron chi connectivity index (χ3n) is 2.56. The van der Waals surface area contributed by atoms with Gasteiger partial charge in [-0.05, 0) is 40.6 Å². The molecule has 0 aliphatic rings. The molecule has 2 aromatic rings. The average Bonchev–Trinajstić information content (AvgIpc) is 2.51. The van der Waals surface area contributed by atoms with Crippen LogP contribution in [0.1, 0.15) is 5.56 Å². The summed E-state index contributed by atoms with van der Waals surface area (Å²) in [6.07, 6.45) is 1.93. The van der Waals surface area contributed by atoms with Crippen molar-refractivity contribution in [1.29, 1.82) is 0 Å². The molecule has 0 bridgehead atoms. The predicted molar refractivity (Wildman–Crippen MR) is 68.1 cm³/mol. The monoisotopic (exact) mass is 261 g/mol. The highest BCUT2D eigenvalue weighted by atomic mass is 79.9. The van der Waals surface area contributed by atoms with Crippen LogP contribution in [0.3, 0.4) is 0 Å². The second kappa shape index (κ2) is 4.09. The Morgan fingerprint density at radius 3 is 2.93 bits per heavy atom. The number of halogens is 1. The minimum absolute atomic E-state index is 0.804. The molecule has 0 N–H and O–H groups in total. The van der Waals surface area contributed by atoms with Crippen LogP contribution in [0.5, 0.6) is 0 Å². The van der Waals surface area contributed by atoms with E-state index in [0.29, 0.717) is 0 Å². The van der Waals surface area contributed by atoms with Gasteiger partial charge >= 0.3 is 0 Å². The Kier molecular flexibility index (Phi) is 2.81. The molecule has 0 fully saturated rings. The summed E-state index contributed by atoms with van der Waals surface area (Å²) in [5.74, 6) is 0. The van der Waals surface area contributed by atoms with Gasteiger partial charge in [0.05, 0.1) is 4.60 Å². The van der Waals surface area contributed by atoms with Crippen molar-refractivity contribution in [1.82, 2.24) is 4.57 Å². The Morgan fingerprint density at radius 1 is 1.47 bits per heavy atom. The van der Waals surface area contributed by atoms with Gasteiger partial charge in [0, 0.05) is 17.4 Å². The molecule has 2 heteroatoms. The summed E-state index contributed by atoms with van der Waals surface area (Å²) < 4.78 is 3.35. The van der Waals surface area contributed by atoms with Gasteiger partial charge in [-0.2, -0.15) is 0 Å². The van der Waals surface area contributed by atoms with Crippen LogP contribution in [-0.2, 0) is 6.54 Å². The van der Waals surface area contributed by atoms with Gasteiger partial charge < -0.3 is 4.57 Å². The maximum Gasteiger partial charge on any atom is 0.0890 e. The number of rotatable bonds is 2. The van der Waals surface area contributed by atoms with E-state index >= 15 is 0 Å². The normalized spacial score (nSPS) is 10.3. The molecule has 76 valence electrons. The van der Waals surface area contributed by atoms with Crippen molar-refractivity contribution in [3.63, 3.8) is 0 Å². The van der Waals surface area contributed by atoms with Crippen LogP contribution in [0, 0.1) is 6.92 Å². The standard InChI is InChI=1S/C13H12BrN/c1-3-4-9-15-12-8-6-5-7-11(12)10(2)13(15)14/h4-8H,1,9H2,2H3. The lowest BCUT2D eigenvalue weighted by molar-refractivity contribution is 0.839. The summed E-state index contributed by atoms with van der Waals surface area (Å²) in [4.78, 5) is 0. The van der Waals surface area contributed by atoms with Gasteiger partial charge in [-0.25, -0.2) is 0 Å². The Balaban J connectivity index is 2.71. The third kappa shape index (κ3) is 1.67. The van der Waals surface area contributed by atoms with Crippen LogP contribution in [0.2, 0.25) is 0 Å². The van der Waals surface area contributed by atoms with E-state index in [4.69, 9.17) is 0 Å². The maximum atomic E-state index is 3.62. The fourth-order valence-corrected chi connectivity index (χ4v) is 2.33. The molecular weight excluding hydrogens is 250 g/mol. The van der Waals surface area contributed by atoms with Crippen LogP contribution in [0.15, 0.2) is 47.3 Å². The van der Waals surface area contributed by atoms with Crippen LogP contribution in [0.4, 0.5) is 0 Å². The minimum Gasteiger partial charge on any atom is -0.331 e. The van der Waals surface area contributed by atoms with E-state index < -0.39 is 0 Å². The zero-order valence-corrected chi connectivity index (χ0v) is 10.2. The average molecular weight is 262 g/mol. The Labute approximate surface area is 97.8 Å². The van der Waals surface area contributed by atoms with Crippen LogP contribution in [-0.4, -0.2) is 4.57 Å². The number of para-hydroxylation sites is 1. The highest BCUT2D eigenvalue weighted by Crippen LogP contribution is 2.29. The number of aromatic nitrogens is 1. The quantitative estimate of drug-likeness (QED) is 0.719. The van der Waals surface area contributed by atoms with E-state index in [1.54, 1.807) is 0 Å². The van der Waals surface area contributed by atoms with Crippen LogP contribution < -0.4 is 0 Å². The summed E-state index contributed by atoms with van der Waals surface area (Å²) in [6, 6.07) is 8.39. The van der Waals surface area contributed by atoms with Gasteiger partial charge in [0.25, 0.3) is 0 Å². The molecule has 0 atom stereocenters. The number of nitrogens with zero attached hydrogens (tertiary/aromatic N) is 1. The van der Waals surface area contributed by atoms with Gasteiger partial charge in [0.2, 0.25) is 0 Å². The first-order valence-corrected chi connectivity index (χ1v) is 5.62. The highest BCUT2D eigenvalue weighted by molar-refractivity contribution is 9.10. The number of aryl methyl sites for hydroxylation is 1. The van der Waals surface area contributed by atoms with E-state index in [2.05, 4.69) is 64.0 Å². The van der Waals surface area contributed by atoms with Gasteiger partial charge in [0.15, 0.2) is 0 Å². The van der Waals surface area contributed by atoms with Gasteiger partial charge in [0.1, 0.15) is 0 Å². The molecule has 1 heterocycles. The molecule has 0 spiro atoms. The summed E-state index contributed by atoms with van der Waals surface area (Å²) >= 11 is 3.62. The van der Waals surface area contributed by atoms with Crippen molar-refractivity contribution in [3.8, 4) is 0 Å². The molecule has 0 unspecified atom stereocenters. The second-order valence-electron chi connectivity index (χ2n) is 3.45. The topological polar surface area (TPSA) is 4.93 Å². The Hall–Kier alpha value is -1.24. The van der Waals surface area contributed by atoms with Gasteiger partial charge in [-0.3, -0.25) is 0 Å². The van der Waals surface area contributed by atoms with Crippen molar-refractivity contribution in [2.75, 3.05) is 0 Å². The van der Waals surface area contributed by atoms with E-state index in [-0.39, 0.29) is 0 Å². The maximum absolute atomic E-state index is 3.62. The highest BCUT2D eigenvalue weighted by Gasteiger charge is 2.09. The fraction of sp³-hybridized carbons (Fsp3) is 0.154. The molecule has 1 nitrogen and oxygen atoms in total. The minimum atomic E-state index is 0.804. The van der Waals surface area contributed by atoms with E-state index in [9.17, 15) is 0 Å². The molecule has 1 aromatic carbocycles. The molecule has 0 amide bonds. The first-order chi connectivity index (χ1) is 7.25. The van der Waals surface area contributed by atoms with Gasteiger partial charge in [-0.15, -0.1) is 5.73 Å². The zero-order chi connectivity index (χ0) is 10.8. The lowest BCUT2D eigenvalue weighted by atomic mass is 10.2. The predicted octanol–water partition coefficient (Wildman–Crippen LogP) is 4.05. The first kappa shape index (κ1) is 10.3. The van der Waals surface area contributed by atoms with Gasteiger partial charge in [-0.1, -0.05) is 24.8 Å². The Morgan fingerprint density at radius 2 is 2.20 bits per heavy atom. The SMILES string of the molecule is C=C=CCn1c(Br)c(C)c2ccccc21. The molecule has 0 saturated heterocycles. The summed E-state index contributed by atoms with van der Waals surface area (Å²) in [7, 11) is 0. The molecule has 0 radical (unpaired) electrons. The molecule has 0 aliphatic heterocycles. The van der Waals surface area contributed by atoms with E-state index in [1.165, 1.54) is 16.5 Å². The number of allylic oxidation sites excluding steroid dienone is 1. The lowest BCUT2D eigenvalue weighted by Gasteiger charge is -2.02. The van der Waals surface area contributed by atoms with Crippen molar-refractivity contribution < 1.29 is 0 Å². The van der Waals surface area contributed by atoms with Crippen molar-refractivity contribution >= 4 is 26.8 Å². The number of benzene rings is 1. The fourth-order valence-electron chi connectivity index (χ4n) is 1.78. The molecule has 2 rings (SSSR count). The van der Waals surface area contributed by atoms with E-state index in [1.807, 2.05) is 6.08 Å². The van der Waals surface area contributed by atoms with Crippen LogP contribution in [0.25, 0.3) is 10.9 Å². The Bertz CT molecular complexity index is 545. The summed E-state index contributed by atoms with van der Waals surface area (Å²) in [5, 5.41) is 1.29. The molecule has 0 saturated carbocycles. The zero-order valence-electron chi connectivity index (χ0n) is 8.63. The first-order valence-electron chi connectivity index (χ1n) is 4.83. The third-order valence-corrected chi connectivity index (χ3v) is 3.59. The number of hydrogen-bond donors (Lipinski definition) is 0. The molecule has 1 aromatic heterocycles. The van der Waals surface area contributed by atoms with Crippen LogP contribution >= 0.6 is 15.9 Å². The second-order valence-corrected chi connectivity index (χ2v) is 4.20. The largest absolute Gasteiger partial charge is 0.331 e. The van der Waals surface area contributed by atoms with Crippen molar-refractivity contribution in [2.24, 2.45) is 0 Å². The smallest absolute Gasteiger partial charge is 0.0890 e. The number of hydrogen-bond acceptors (Lipinski definition) is 0. The van der Waals surface area contributed by atoms with E-state index in [0.717, 1.165) is 11.1 Å². The number of fused-ring (bicyclic) bond motifs is 1. The summed E-state index contributed by atoms with van der Waals surface area (Å²) in [6.45, 7) is 6.51. The van der Waals surface area contributed by atoms with Crippen molar-refractivity contribution in [3.05, 3.63) is 52.8 Å². The molecular formula is C13H12BrN. The lowest BCUT2D eigenvalue weighted by Crippen LogP contribution is -1.94. The summed E-state index contributed by atoms with van der Waals surface area (Å²) in [5.41, 5.74) is 5.33. The van der Waals surface area contributed by atoms with Crippen molar-refractivity contribution in [2.45, 2.75) is 13.5 Å².